The normalized spacial score (nSPS) is 11.5. The van der Waals surface area contributed by atoms with Crippen LogP contribution in [0, 0.1) is 3.57 Å². The minimum Gasteiger partial charge on any atom is -0.347 e. The summed E-state index contributed by atoms with van der Waals surface area (Å²) in [5, 5.41) is 0. The molecule has 0 unspecified atom stereocenters. The summed E-state index contributed by atoms with van der Waals surface area (Å²) in [6.07, 6.45) is 1.55. The summed E-state index contributed by atoms with van der Waals surface area (Å²) >= 11 is 18.9. The Labute approximate surface area is 150 Å². The van der Waals surface area contributed by atoms with Gasteiger partial charge in [-0.3, -0.25) is 9.59 Å². The highest BCUT2D eigenvalue weighted by molar-refractivity contribution is 14.1. The summed E-state index contributed by atoms with van der Waals surface area (Å²) in [5.74, 6) is -0.851. The number of rotatable bonds is 3. The number of hydrogen-bond donors (Lipinski definition) is 0. The van der Waals surface area contributed by atoms with Crippen molar-refractivity contribution in [2.24, 2.45) is 7.05 Å². The monoisotopic (exact) mass is 455 g/mol. The van der Waals surface area contributed by atoms with Crippen molar-refractivity contribution < 1.29 is 9.59 Å². The van der Waals surface area contributed by atoms with Crippen LogP contribution in [0.5, 0.6) is 0 Å². The van der Waals surface area contributed by atoms with Gasteiger partial charge >= 0.3 is 0 Å². The number of carbonyl (C=O) groups is 2. The smallest absolute Gasteiger partial charge is 0.255 e. The maximum atomic E-state index is 12.5. The number of halogens is 4. The Balaban J connectivity index is 2.42. The van der Waals surface area contributed by atoms with Gasteiger partial charge in [-0.1, -0.05) is 46.9 Å². The molecule has 110 valence electrons. The molecule has 0 bridgehead atoms. The average molecular weight is 456 g/mol. The van der Waals surface area contributed by atoms with E-state index < -0.39 is 9.58 Å². The quantitative estimate of drug-likeness (QED) is 0.390. The molecule has 0 aliphatic heterocycles. The predicted octanol–water partition coefficient (Wildman–Crippen LogP) is 4.41. The van der Waals surface area contributed by atoms with Crippen molar-refractivity contribution in [1.82, 2.24) is 4.57 Å². The second-order valence-electron chi connectivity index (χ2n) is 4.36. The molecule has 0 atom stereocenters. The molecule has 1 aromatic heterocycles. The van der Waals surface area contributed by atoms with Gasteiger partial charge in [0.05, 0.1) is 5.69 Å². The van der Waals surface area contributed by atoms with Crippen LogP contribution in [0.15, 0.2) is 36.5 Å². The maximum absolute atomic E-state index is 12.5. The first kappa shape index (κ1) is 16.8. The topological polar surface area (TPSA) is 39.1 Å². The molecule has 0 fully saturated rings. The zero-order valence-corrected chi connectivity index (χ0v) is 15.2. The van der Waals surface area contributed by atoms with Gasteiger partial charge in [0, 0.05) is 27.9 Å². The molecule has 21 heavy (non-hydrogen) atoms. The molecular formula is C14H9Cl3INO2. The SMILES string of the molecule is Cn1cc(C(=O)c2ccccc2I)cc1C(=O)C(Cl)(Cl)Cl. The Hall–Kier alpha value is -0.560. The van der Waals surface area contributed by atoms with E-state index in [9.17, 15) is 9.59 Å². The fraction of sp³-hybridized carbons (Fsp3) is 0.143. The molecule has 0 N–H and O–H groups in total. The van der Waals surface area contributed by atoms with Crippen LogP contribution >= 0.6 is 57.4 Å². The molecule has 0 radical (unpaired) electrons. The van der Waals surface area contributed by atoms with Crippen molar-refractivity contribution in [1.29, 1.82) is 0 Å². The number of Topliss-reactive ketones (excluding diaryl/α,β-unsaturated/α-hetero) is 1. The van der Waals surface area contributed by atoms with Gasteiger partial charge in [-0.2, -0.15) is 0 Å². The third-order valence-corrected chi connectivity index (χ3v) is 4.33. The number of nitrogens with zero attached hydrogens (tertiary/aromatic N) is 1. The lowest BCUT2D eigenvalue weighted by atomic mass is 10.1. The lowest BCUT2D eigenvalue weighted by Crippen LogP contribution is -2.21. The van der Waals surface area contributed by atoms with Crippen molar-refractivity contribution in [3.05, 3.63) is 56.9 Å². The second-order valence-corrected chi connectivity index (χ2v) is 7.80. The van der Waals surface area contributed by atoms with E-state index in [1.807, 2.05) is 12.1 Å². The highest BCUT2D eigenvalue weighted by atomic mass is 127. The molecule has 3 nitrogen and oxygen atoms in total. The number of aromatic nitrogens is 1. The van der Waals surface area contributed by atoms with Crippen LogP contribution in [-0.2, 0) is 7.05 Å². The number of alkyl halides is 3. The van der Waals surface area contributed by atoms with Gasteiger partial charge in [-0.15, -0.1) is 0 Å². The first-order chi connectivity index (χ1) is 9.71. The van der Waals surface area contributed by atoms with Crippen LogP contribution in [0.25, 0.3) is 0 Å². The van der Waals surface area contributed by atoms with E-state index in [0.29, 0.717) is 11.1 Å². The van der Waals surface area contributed by atoms with Gasteiger partial charge in [0.15, 0.2) is 5.78 Å². The summed E-state index contributed by atoms with van der Waals surface area (Å²) in [6.45, 7) is 0. The molecule has 0 saturated carbocycles. The standard InChI is InChI=1S/C14H9Cl3INO2/c1-19-7-8(6-11(19)13(21)14(15,16)17)12(20)9-4-2-3-5-10(9)18/h2-7H,1H3. The van der Waals surface area contributed by atoms with Crippen LogP contribution in [-0.4, -0.2) is 19.9 Å². The molecule has 7 heteroatoms. The minimum atomic E-state index is -2.05. The van der Waals surface area contributed by atoms with Gasteiger partial charge in [0.25, 0.3) is 3.79 Å². The summed E-state index contributed by atoms with van der Waals surface area (Å²) in [6, 6.07) is 8.64. The molecule has 0 spiro atoms. The van der Waals surface area contributed by atoms with Gasteiger partial charge in [0.2, 0.25) is 5.78 Å². The Morgan fingerprint density at radius 1 is 1.19 bits per heavy atom. The average Bonchev–Trinajstić information content (AvgIpc) is 2.78. The number of ketones is 2. The zero-order chi connectivity index (χ0) is 15.8. The van der Waals surface area contributed by atoms with E-state index in [1.54, 1.807) is 25.4 Å². The number of aryl methyl sites for hydroxylation is 1. The molecule has 0 saturated heterocycles. The lowest BCUT2D eigenvalue weighted by Gasteiger charge is -2.09. The summed E-state index contributed by atoms with van der Waals surface area (Å²) in [5.41, 5.74) is 1.11. The zero-order valence-electron chi connectivity index (χ0n) is 10.7. The third kappa shape index (κ3) is 3.62. The van der Waals surface area contributed by atoms with Crippen LogP contribution in [0.1, 0.15) is 26.4 Å². The Morgan fingerprint density at radius 2 is 1.81 bits per heavy atom. The van der Waals surface area contributed by atoms with Crippen LogP contribution < -0.4 is 0 Å². The van der Waals surface area contributed by atoms with Crippen molar-refractivity contribution in [3.63, 3.8) is 0 Å². The van der Waals surface area contributed by atoms with Crippen molar-refractivity contribution in [2.45, 2.75) is 3.79 Å². The fourth-order valence-electron chi connectivity index (χ4n) is 1.86. The van der Waals surface area contributed by atoms with Crippen LogP contribution in [0.4, 0.5) is 0 Å². The largest absolute Gasteiger partial charge is 0.347 e. The Kier molecular flexibility index (Phi) is 5.03. The van der Waals surface area contributed by atoms with Gasteiger partial charge in [0.1, 0.15) is 0 Å². The maximum Gasteiger partial charge on any atom is 0.255 e. The van der Waals surface area contributed by atoms with Crippen LogP contribution in [0.3, 0.4) is 0 Å². The van der Waals surface area contributed by atoms with E-state index in [0.717, 1.165) is 3.57 Å². The van der Waals surface area contributed by atoms with Crippen LogP contribution in [0.2, 0.25) is 0 Å². The van der Waals surface area contributed by atoms with E-state index in [1.165, 1.54) is 10.6 Å². The third-order valence-electron chi connectivity index (χ3n) is 2.88. The molecule has 0 aliphatic rings. The van der Waals surface area contributed by atoms with Gasteiger partial charge in [-0.05, 0) is 40.8 Å². The summed E-state index contributed by atoms with van der Waals surface area (Å²) < 4.78 is 0.263. The number of hydrogen-bond acceptors (Lipinski definition) is 2. The second kappa shape index (κ2) is 6.28. The Morgan fingerprint density at radius 3 is 2.38 bits per heavy atom. The predicted molar refractivity (Wildman–Crippen MR) is 92.6 cm³/mol. The van der Waals surface area contributed by atoms with Crippen molar-refractivity contribution in [2.75, 3.05) is 0 Å². The van der Waals surface area contributed by atoms with E-state index in [2.05, 4.69) is 22.6 Å². The highest BCUT2D eigenvalue weighted by Gasteiger charge is 2.34. The van der Waals surface area contributed by atoms with E-state index in [4.69, 9.17) is 34.8 Å². The molecule has 1 heterocycles. The van der Waals surface area contributed by atoms with E-state index >= 15 is 0 Å². The number of benzene rings is 1. The molecular weight excluding hydrogens is 447 g/mol. The first-order valence-electron chi connectivity index (χ1n) is 5.79. The molecule has 1 aromatic carbocycles. The lowest BCUT2D eigenvalue weighted by molar-refractivity contribution is 0.0988. The molecule has 0 aliphatic carbocycles. The van der Waals surface area contributed by atoms with E-state index in [-0.39, 0.29) is 11.5 Å². The van der Waals surface area contributed by atoms with Gasteiger partial charge < -0.3 is 4.57 Å². The fourth-order valence-corrected chi connectivity index (χ4v) is 2.78. The first-order valence-corrected chi connectivity index (χ1v) is 8.00. The Bertz CT molecular complexity index is 719. The molecule has 2 aromatic rings. The van der Waals surface area contributed by atoms with Crippen molar-refractivity contribution in [3.8, 4) is 0 Å². The minimum absolute atomic E-state index is 0.171. The number of carbonyl (C=O) groups excluding carboxylic acids is 2. The summed E-state index contributed by atoms with van der Waals surface area (Å²) in [7, 11) is 1.62. The molecule has 2 rings (SSSR count). The highest BCUT2D eigenvalue weighted by Crippen LogP contribution is 2.31. The van der Waals surface area contributed by atoms with Gasteiger partial charge in [-0.25, -0.2) is 0 Å². The molecule has 0 amide bonds. The van der Waals surface area contributed by atoms with Crippen molar-refractivity contribution >= 4 is 69.0 Å². The summed E-state index contributed by atoms with van der Waals surface area (Å²) in [4.78, 5) is 24.5.